The molecule has 1 N–H and O–H groups in total. The number of ketones is 1. The number of carbonyl (C=O) groups is 1. The third kappa shape index (κ3) is 2.94. The van der Waals surface area contributed by atoms with Crippen molar-refractivity contribution in [1.29, 1.82) is 0 Å². The van der Waals surface area contributed by atoms with Crippen LogP contribution in [0.5, 0.6) is 5.75 Å². The lowest BCUT2D eigenvalue weighted by Crippen LogP contribution is -2.29. The number of allylic oxidation sites excluding steroid dienone is 2. The van der Waals surface area contributed by atoms with Gasteiger partial charge in [-0.05, 0) is 42.5 Å². The van der Waals surface area contributed by atoms with E-state index in [4.69, 9.17) is 9.26 Å². The Morgan fingerprint density at radius 1 is 1.03 bits per heavy atom. The fourth-order valence-electron chi connectivity index (χ4n) is 4.56. The van der Waals surface area contributed by atoms with Gasteiger partial charge < -0.3 is 14.6 Å². The topological polar surface area (TPSA) is 64.4 Å². The number of ether oxygens (including phenoxy) is 1. The van der Waals surface area contributed by atoms with Gasteiger partial charge >= 0.3 is 0 Å². The Morgan fingerprint density at radius 3 is 2.52 bits per heavy atom. The Hall–Kier alpha value is -3.34. The summed E-state index contributed by atoms with van der Waals surface area (Å²) in [7, 11) is 1.66. The zero-order valence-corrected chi connectivity index (χ0v) is 16.4. The number of nitrogens with zero attached hydrogens (tertiary/aromatic N) is 1. The van der Waals surface area contributed by atoms with E-state index in [1.807, 2.05) is 49.4 Å². The first-order valence-electron chi connectivity index (χ1n) is 9.84. The molecule has 2 aromatic carbocycles. The van der Waals surface area contributed by atoms with Gasteiger partial charge in [0.25, 0.3) is 0 Å². The second-order valence-corrected chi connectivity index (χ2v) is 7.67. The van der Waals surface area contributed by atoms with E-state index >= 15 is 0 Å². The highest BCUT2D eigenvalue weighted by Gasteiger charge is 2.40. The number of rotatable bonds is 3. The van der Waals surface area contributed by atoms with E-state index in [2.05, 4.69) is 22.6 Å². The molecule has 0 bridgehead atoms. The van der Waals surface area contributed by atoms with Gasteiger partial charge in [-0.25, -0.2) is 0 Å². The molecule has 146 valence electrons. The van der Waals surface area contributed by atoms with Gasteiger partial charge in [0, 0.05) is 23.6 Å². The van der Waals surface area contributed by atoms with Crippen LogP contribution in [0.15, 0.2) is 70.4 Å². The van der Waals surface area contributed by atoms with E-state index in [-0.39, 0.29) is 17.6 Å². The van der Waals surface area contributed by atoms with Gasteiger partial charge in [0.2, 0.25) is 5.88 Å². The summed E-state index contributed by atoms with van der Waals surface area (Å²) in [6.45, 7) is 1.93. The zero-order valence-electron chi connectivity index (χ0n) is 16.4. The molecule has 0 amide bonds. The van der Waals surface area contributed by atoms with Crippen LogP contribution < -0.4 is 10.1 Å². The molecule has 2 aliphatic rings. The number of methoxy groups -OCH3 is 1. The fraction of sp³-hybridized carbons (Fsp3) is 0.250. The van der Waals surface area contributed by atoms with Crippen molar-refractivity contribution < 1.29 is 14.1 Å². The van der Waals surface area contributed by atoms with Crippen LogP contribution in [0.1, 0.15) is 47.1 Å². The number of carbonyl (C=O) groups excluding carboxylic acids is 1. The Morgan fingerprint density at radius 2 is 1.79 bits per heavy atom. The maximum atomic E-state index is 13.4. The lowest BCUT2D eigenvalue weighted by Gasteiger charge is -2.34. The van der Waals surface area contributed by atoms with E-state index in [1.54, 1.807) is 7.11 Å². The van der Waals surface area contributed by atoms with Crippen molar-refractivity contribution in [2.75, 3.05) is 12.4 Å². The Bertz CT molecular complexity index is 1100. The minimum atomic E-state index is -0.141. The number of benzene rings is 2. The molecule has 0 radical (unpaired) electrons. The Labute approximate surface area is 169 Å². The van der Waals surface area contributed by atoms with E-state index in [1.165, 1.54) is 0 Å². The van der Waals surface area contributed by atoms with Gasteiger partial charge in [0.05, 0.1) is 18.4 Å². The summed E-state index contributed by atoms with van der Waals surface area (Å²) in [6.07, 6.45) is 1.26. The molecule has 1 aromatic heterocycles. The van der Waals surface area contributed by atoms with Crippen molar-refractivity contribution in [2.24, 2.45) is 0 Å². The highest BCUT2D eigenvalue weighted by molar-refractivity contribution is 6.01. The summed E-state index contributed by atoms with van der Waals surface area (Å²) in [6, 6.07) is 18.1. The predicted molar refractivity (Wildman–Crippen MR) is 110 cm³/mol. The molecule has 0 fully saturated rings. The number of Topliss-reactive ketones (excluding diaryl/α,β-unsaturated/α-hetero) is 1. The molecular formula is C24H22N2O3. The highest BCUT2D eigenvalue weighted by Crippen LogP contribution is 2.48. The Kier molecular flexibility index (Phi) is 4.23. The average molecular weight is 386 g/mol. The van der Waals surface area contributed by atoms with Crippen LogP contribution in [0.3, 0.4) is 0 Å². The maximum absolute atomic E-state index is 13.4. The molecule has 0 spiro atoms. The summed E-state index contributed by atoms with van der Waals surface area (Å²) in [4.78, 5) is 13.4. The number of hydrogen-bond acceptors (Lipinski definition) is 5. The quantitative estimate of drug-likeness (QED) is 0.690. The minimum absolute atomic E-state index is 0.127. The van der Waals surface area contributed by atoms with Crippen molar-refractivity contribution in [3.63, 3.8) is 0 Å². The van der Waals surface area contributed by atoms with Gasteiger partial charge in [-0.1, -0.05) is 47.6 Å². The molecule has 5 rings (SSSR count). The SMILES string of the molecule is COc1ccc(C2CC(=O)C3=C(C2)Nc2onc(C)c2C3c2ccccc2)cc1. The second-order valence-electron chi connectivity index (χ2n) is 7.67. The van der Waals surface area contributed by atoms with Gasteiger partial charge in [0.1, 0.15) is 5.75 Å². The monoisotopic (exact) mass is 386 g/mol. The molecule has 2 atom stereocenters. The molecule has 2 unspecified atom stereocenters. The van der Waals surface area contributed by atoms with Crippen LogP contribution in [0.4, 0.5) is 5.88 Å². The fourth-order valence-corrected chi connectivity index (χ4v) is 4.56. The third-order valence-corrected chi connectivity index (χ3v) is 5.98. The zero-order chi connectivity index (χ0) is 20.0. The van der Waals surface area contributed by atoms with Gasteiger partial charge in [0.15, 0.2) is 5.78 Å². The standard InChI is InChI=1S/C24H22N2O3/c1-14-21-22(16-6-4-3-5-7-16)23-19(25-24(21)29-26-14)12-17(13-20(23)27)15-8-10-18(28-2)11-9-15/h3-11,17,22,25H,12-13H2,1-2H3. The molecule has 29 heavy (non-hydrogen) atoms. The summed E-state index contributed by atoms with van der Waals surface area (Å²) in [5.74, 6) is 1.63. The van der Waals surface area contributed by atoms with Crippen LogP contribution in [-0.4, -0.2) is 18.0 Å². The number of hydrogen-bond donors (Lipinski definition) is 1. The molecule has 0 saturated heterocycles. The van der Waals surface area contributed by atoms with Crippen molar-refractivity contribution in [2.45, 2.75) is 31.6 Å². The summed E-state index contributed by atoms with van der Waals surface area (Å²) < 4.78 is 10.8. The molecule has 1 aliphatic heterocycles. The molecule has 0 saturated carbocycles. The molecule has 5 heteroatoms. The molecule has 3 aromatic rings. The van der Waals surface area contributed by atoms with Gasteiger partial charge in [-0.3, -0.25) is 4.79 Å². The van der Waals surface area contributed by atoms with Crippen LogP contribution in [0.25, 0.3) is 0 Å². The minimum Gasteiger partial charge on any atom is -0.497 e. The first-order valence-corrected chi connectivity index (χ1v) is 9.84. The van der Waals surface area contributed by atoms with Crippen LogP contribution in [-0.2, 0) is 4.79 Å². The van der Waals surface area contributed by atoms with Gasteiger partial charge in [-0.15, -0.1) is 0 Å². The number of nitrogens with one attached hydrogen (secondary N) is 1. The lowest BCUT2D eigenvalue weighted by atomic mass is 9.72. The smallest absolute Gasteiger partial charge is 0.233 e. The van der Waals surface area contributed by atoms with Crippen LogP contribution in [0, 0.1) is 6.92 Å². The number of aryl methyl sites for hydroxylation is 1. The maximum Gasteiger partial charge on any atom is 0.233 e. The molecule has 5 nitrogen and oxygen atoms in total. The average Bonchev–Trinajstić information content (AvgIpc) is 3.13. The number of anilines is 1. The summed E-state index contributed by atoms with van der Waals surface area (Å²) >= 11 is 0. The molecule has 1 aliphatic carbocycles. The number of aromatic nitrogens is 1. The van der Waals surface area contributed by atoms with Crippen LogP contribution in [0.2, 0.25) is 0 Å². The Balaban J connectivity index is 1.57. The van der Waals surface area contributed by atoms with Gasteiger partial charge in [-0.2, -0.15) is 0 Å². The molecule has 2 heterocycles. The number of fused-ring (bicyclic) bond motifs is 1. The van der Waals surface area contributed by atoms with Crippen molar-refractivity contribution in [3.8, 4) is 5.75 Å². The highest BCUT2D eigenvalue weighted by atomic mass is 16.5. The second kappa shape index (κ2) is 6.92. The van der Waals surface area contributed by atoms with E-state index in [9.17, 15) is 4.79 Å². The van der Waals surface area contributed by atoms with E-state index in [0.717, 1.165) is 45.8 Å². The summed E-state index contributed by atoms with van der Waals surface area (Å²) in [5, 5.41) is 7.54. The van der Waals surface area contributed by atoms with Crippen molar-refractivity contribution in [3.05, 3.63) is 88.3 Å². The first-order chi connectivity index (χ1) is 14.2. The summed E-state index contributed by atoms with van der Waals surface area (Å²) in [5.41, 5.74) is 5.80. The van der Waals surface area contributed by atoms with E-state index < -0.39 is 0 Å². The molecular weight excluding hydrogens is 364 g/mol. The van der Waals surface area contributed by atoms with Crippen molar-refractivity contribution in [1.82, 2.24) is 5.16 Å². The van der Waals surface area contributed by atoms with Crippen LogP contribution >= 0.6 is 0 Å². The predicted octanol–water partition coefficient (Wildman–Crippen LogP) is 4.95. The van der Waals surface area contributed by atoms with E-state index in [0.29, 0.717) is 12.3 Å². The largest absolute Gasteiger partial charge is 0.497 e. The lowest BCUT2D eigenvalue weighted by molar-refractivity contribution is -0.116. The normalized spacial score (nSPS) is 20.7. The van der Waals surface area contributed by atoms with Crippen molar-refractivity contribution >= 4 is 11.7 Å². The third-order valence-electron chi connectivity index (χ3n) is 5.98. The first kappa shape index (κ1) is 17.7.